The van der Waals surface area contributed by atoms with Crippen molar-refractivity contribution in [3.05, 3.63) is 101 Å². The molecule has 0 bridgehead atoms. The van der Waals surface area contributed by atoms with Gasteiger partial charge in [-0.25, -0.2) is 0 Å². The zero-order chi connectivity index (χ0) is 24.3. The third-order valence-electron chi connectivity index (χ3n) is 5.30. The van der Waals surface area contributed by atoms with Gasteiger partial charge in [-0.15, -0.1) is 0 Å². The number of nitrogens with one attached hydrogen (secondary N) is 1. The van der Waals surface area contributed by atoms with Gasteiger partial charge in [0.2, 0.25) is 5.91 Å². The van der Waals surface area contributed by atoms with Crippen molar-refractivity contribution in [1.29, 1.82) is 0 Å². The normalized spacial score (nSPS) is 11.6. The molecule has 178 valence electrons. The molecule has 0 saturated heterocycles. The number of amides is 2. The number of halogens is 1. The first-order valence-corrected chi connectivity index (χ1v) is 12.2. The van der Waals surface area contributed by atoms with Gasteiger partial charge in [0.05, 0.1) is 0 Å². The molecule has 0 radical (unpaired) electrons. The van der Waals surface area contributed by atoms with E-state index in [4.69, 9.17) is 4.74 Å². The fraction of sp³-hybridized carbons (Fsp3) is 0.286. The molecule has 0 unspecified atom stereocenters. The summed E-state index contributed by atoms with van der Waals surface area (Å²) in [6.07, 6.45) is 0.413. The fourth-order valence-corrected chi connectivity index (χ4v) is 4.00. The highest BCUT2D eigenvalue weighted by atomic mass is 79.9. The molecule has 3 rings (SSSR count). The zero-order valence-electron chi connectivity index (χ0n) is 19.6. The van der Waals surface area contributed by atoms with E-state index in [9.17, 15) is 9.59 Å². The van der Waals surface area contributed by atoms with Crippen LogP contribution in [0.15, 0.2) is 89.4 Å². The van der Waals surface area contributed by atoms with Gasteiger partial charge in [-0.2, -0.15) is 0 Å². The van der Waals surface area contributed by atoms with Crippen molar-refractivity contribution in [2.75, 3.05) is 13.2 Å². The number of ether oxygens (including phenoxy) is 1. The highest BCUT2D eigenvalue weighted by Gasteiger charge is 2.30. The summed E-state index contributed by atoms with van der Waals surface area (Å²) in [5, 5.41) is 3.03. The van der Waals surface area contributed by atoms with E-state index in [1.54, 1.807) is 4.90 Å². The van der Waals surface area contributed by atoms with E-state index in [0.29, 0.717) is 31.2 Å². The summed E-state index contributed by atoms with van der Waals surface area (Å²) in [5.41, 5.74) is 1.92. The van der Waals surface area contributed by atoms with E-state index in [-0.39, 0.29) is 18.4 Å². The van der Waals surface area contributed by atoms with Crippen molar-refractivity contribution in [3.63, 3.8) is 0 Å². The minimum atomic E-state index is -0.674. The Labute approximate surface area is 210 Å². The summed E-state index contributed by atoms with van der Waals surface area (Å²) < 4.78 is 6.67. The first kappa shape index (κ1) is 25.5. The van der Waals surface area contributed by atoms with E-state index in [2.05, 4.69) is 21.2 Å². The molecule has 0 saturated carbocycles. The average molecular weight is 523 g/mol. The molecule has 6 heteroatoms. The number of benzene rings is 3. The van der Waals surface area contributed by atoms with Crippen LogP contribution in [0.4, 0.5) is 0 Å². The van der Waals surface area contributed by atoms with E-state index in [1.165, 1.54) is 0 Å². The molecule has 34 heavy (non-hydrogen) atoms. The number of para-hydroxylation sites is 1. The van der Waals surface area contributed by atoms with Crippen molar-refractivity contribution in [2.45, 2.75) is 32.9 Å². The number of nitrogens with zero attached hydrogens (tertiary/aromatic N) is 1. The number of carbonyl (C=O) groups is 2. The number of hydrogen-bond donors (Lipinski definition) is 1. The lowest BCUT2D eigenvalue weighted by atomic mass is 10.0. The van der Waals surface area contributed by atoms with E-state index in [1.807, 2.05) is 98.8 Å². The second kappa shape index (κ2) is 12.9. The van der Waals surface area contributed by atoms with Crippen LogP contribution in [0.1, 0.15) is 25.0 Å². The second-order valence-electron chi connectivity index (χ2n) is 8.60. The molecule has 0 fully saturated rings. The first-order chi connectivity index (χ1) is 16.4. The Morgan fingerprint density at radius 1 is 0.912 bits per heavy atom. The second-order valence-corrected chi connectivity index (χ2v) is 9.51. The molecule has 1 atom stereocenters. The van der Waals surface area contributed by atoms with Crippen molar-refractivity contribution >= 4 is 27.7 Å². The maximum Gasteiger partial charge on any atom is 0.261 e. The smallest absolute Gasteiger partial charge is 0.261 e. The Morgan fingerprint density at radius 2 is 1.56 bits per heavy atom. The minimum Gasteiger partial charge on any atom is -0.484 e. The van der Waals surface area contributed by atoms with Gasteiger partial charge in [0.15, 0.2) is 6.61 Å². The summed E-state index contributed by atoms with van der Waals surface area (Å²) in [6, 6.07) is 26.1. The van der Waals surface area contributed by atoms with Gasteiger partial charge in [-0.05, 0) is 41.3 Å². The fourth-order valence-electron chi connectivity index (χ4n) is 3.55. The first-order valence-electron chi connectivity index (χ1n) is 11.5. The number of hydrogen-bond acceptors (Lipinski definition) is 3. The monoisotopic (exact) mass is 522 g/mol. The molecular formula is C28H31BrN2O3. The molecule has 3 aromatic rings. The molecule has 0 aliphatic rings. The van der Waals surface area contributed by atoms with Crippen LogP contribution in [0.5, 0.6) is 5.75 Å². The summed E-state index contributed by atoms with van der Waals surface area (Å²) in [4.78, 5) is 28.5. The number of carbonyl (C=O) groups excluding carboxylic acids is 2. The Morgan fingerprint density at radius 3 is 2.21 bits per heavy atom. The predicted molar refractivity (Wildman–Crippen MR) is 138 cm³/mol. The lowest BCUT2D eigenvalue weighted by Gasteiger charge is -2.31. The zero-order valence-corrected chi connectivity index (χ0v) is 21.2. The Bertz CT molecular complexity index is 1060. The van der Waals surface area contributed by atoms with Crippen molar-refractivity contribution in [3.8, 4) is 5.75 Å². The maximum atomic E-state index is 13.5. The van der Waals surface area contributed by atoms with Crippen molar-refractivity contribution in [1.82, 2.24) is 10.2 Å². The van der Waals surface area contributed by atoms with Crippen LogP contribution < -0.4 is 10.1 Å². The molecule has 5 nitrogen and oxygen atoms in total. The molecule has 0 aliphatic carbocycles. The van der Waals surface area contributed by atoms with Gasteiger partial charge < -0.3 is 15.0 Å². The highest BCUT2D eigenvalue weighted by Crippen LogP contribution is 2.18. The highest BCUT2D eigenvalue weighted by molar-refractivity contribution is 9.10. The van der Waals surface area contributed by atoms with Gasteiger partial charge in [0.25, 0.3) is 5.91 Å². The lowest BCUT2D eigenvalue weighted by Crippen LogP contribution is -2.52. The molecule has 0 aromatic heterocycles. The van der Waals surface area contributed by atoms with Crippen LogP contribution >= 0.6 is 15.9 Å². The molecule has 2 amide bonds. The minimum absolute atomic E-state index is 0.152. The topological polar surface area (TPSA) is 58.6 Å². The quantitative estimate of drug-likeness (QED) is 0.374. The van der Waals surface area contributed by atoms with Gasteiger partial charge in [-0.1, -0.05) is 90.4 Å². The van der Waals surface area contributed by atoms with Crippen LogP contribution in [-0.4, -0.2) is 35.9 Å². The van der Waals surface area contributed by atoms with Crippen LogP contribution in [0.25, 0.3) is 0 Å². The SMILES string of the molecule is CC(C)CNC(=O)[C@@H](Cc1ccccc1)N(Cc1cccc(Br)c1)C(=O)COc1ccccc1. The van der Waals surface area contributed by atoms with Crippen LogP contribution in [0.3, 0.4) is 0 Å². The molecular weight excluding hydrogens is 492 g/mol. The van der Waals surface area contributed by atoms with E-state index >= 15 is 0 Å². The summed E-state index contributed by atoms with van der Waals surface area (Å²) in [6.45, 7) is 4.78. The standard InChI is InChI=1S/C28H31BrN2O3/c1-21(2)18-30-28(33)26(17-22-10-5-3-6-11-22)31(19-23-12-9-13-24(29)16-23)27(32)20-34-25-14-7-4-8-15-25/h3-16,21,26H,17-20H2,1-2H3,(H,30,33)/t26-/m1/s1. The lowest BCUT2D eigenvalue weighted by molar-refractivity contribution is -0.142. The van der Waals surface area contributed by atoms with E-state index < -0.39 is 6.04 Å². The van der Waals surface area contributed by atoms with Gasteiger partial charge in [-0.3, -0.25) is 9.59 Å². The summed E-state index contributed by atoms with van der Waals surface area (Å²) >= 11 is 3.50. The van der Waals surface area contributed by atoms with Gasteiger partial charge >= 0.3 is 0 Å². The van der Waals surface area contributed by atoms with Gasteiger partial charge in [0, 0.05) is 24.0 Å². The molecule has 0 heterocycles. The van der Waals surface area contributed by atoms with Crippen LogP contribution in [0.2, 0.25) is 0 Å². The van der Waals surface area contributed by atoms with E-state index in [0.717, 1.165) is 15.6 Å². The molecule has 0 aliphatic heterocycles. The summed E-state index contributed by atoms with van der Waals surface area (Å²) in [7, 11) is 0. The van der Waals surface area contributed by atoms with Crippen LogP contribution in [0, 0.1) is 5.92 Å². The predicted octanol–water partition coefficient (Wildman–Crippen LogP) is 5.24. The third-order valence-corrected chi connectivity index (χ3v) is 5.80. The Kier molecular flexibility index (Phi) is 9.71. The largest absolute Gasteiger partial charge is 0.484 e. The molecule has 1 N–H and O–H groups in total. The van der Waals surface area contributed by atoms with Crippen LogP contribution in [-0.2, 0) is 22.6 Å². The Hall–Kier alpha value is -3.12. The van der Waals surface area contributed by atoms with Crippen molar-refractivity contribution < 1.29 is 14.3 Å². The molecule has 3 aromatic carbocycles. The Balaban J connectivity index is 1.89. The van der Waals surface area contributed by atoms with Gasteiger partial charge in [0.1, 0.15) is 11.8 Å². The number of rotatable bonds is 11. The maximum absolute atomic E-state index is 13.5. The average Bonchev–Trinajstić information content (AvgIpc) is 2.84. The summed E-state index contributed by atoms with van der Waals surface area (Å²) in [5.74, 6) is 0.504. The van der Waals surface area contributed by atoms with Crippen molar-refractivity contribution in [2.24, 2.45) is 5.92 Å². The molecule has 0 spiro atoms. The third kappa shape index (κ3) is 8.03.